The van der Waals surface area contributed by atoms with Crippen molar-refractivity contribution in [2.24, 2.45) is 0 Å². The fraction of sp³-hybridized carbons (Fsp3) is 0.462. The maximum Gasteiger partial charge on any atom is 0.268 e. The molecule has 35 heavy (non-hydrogen) atoms. The van der Waals surface area contributed by atoms with Gasteiger partial charge in [-0.2, -0.15) is 4.98 Å². The monoisotopic (exact) mass is 473 g/mol. The zero-order valence-electron chi connectivity index (χ0n) is 20.1. The minimum atomic E-state index is -0.111. The number of rotatable bonds is 3. The van der Waals surface area contributed by atoms with Crippen LogP contribution in [0.5, 0.6) is 0 Å². The molecule has 1 saturated heterocycles. The van der Waals surface area contributed by atoms with Gasteiger partial charge in [0.1, 0.15) is 11.3 Å². The maximum absolute atomic E-state index is 12.8. The van der Waals surface area contributed by atoms with Crippen LogP contribution in [-0.2, 0) is 5.54 Å². The van der Waals surface area contributed by atoms with E-state index in [1.165, 1.54) is 6.42 Å². The lowest BCUT2D eigenvalue weighted by molar-refractivity contribution is 0.0664. The molecule has 0 radical (unpaired) electrons. The summed E-state index contributed by atoms with van der Waals surface area (Å²) in [6, 6.07) is 9.38. The quantitative estimate of drug-likeness (QED) is 0.607. The van der Waals surface area contributed by atoms with Gasteiger partial charge in [-0.3, -0.25) is 9.59 Å². The Bertz CT molecular complexity index is 1270. The number of hydrogen-bond donors (Lipinski definition) is 2. The number of likely N-dealkylation sites (N-methyl/N-ethyl adjacent to an activating group) is 1. The summed E-state index contributed by atoms with van der Waals surface area (Å²) < 4.78 is 2.17. The van der Waals surface area contributed by atoms with Gasteiger partial charge in [-0.1, -0.05) is 19.3 Å². The molecular weight excluding hydrogens is 442 g/mol. The molecule has 2 aliphatic heterocycles. The van der Waals surface area contributed by atoms with Crippen molar-refractivity contribution in [2.45, 2.75) is 37.6 Å². The largest absolute Gasteiger partial charge is 0.348 e. The summed E-state index contributed by atoms with van der Waals surface area (Å²) in [5, 5.41) is 7.25. The third-order valence-electron chi connectivity index (χ3n) is 7.79. The molecule has 9 heteroatoms. The molecule has 6 rings (SSSR count). The van der Waals surface area contributed by atoms with Crippen LogP contribution in [0, 0.1) is 0 Å². The van der Waals surface area contributed by atoms with E-state index in [0.717, 1.165) is 68.6 Å². The van der Waals surface area contributed by atoms with Crippen LogP contribution in [0.2, 0.25) is 0 Å². The predicted molar refractivity (Wildman–Crippen MR) is 134 cm³/mol. The summed E-state index contributed by atoms with van der Waals surface area (Å²) in [5.41, 5.74) is 2.86. The first-order chi connectivity index (χ1) is 17.0. The van der Waals surface area contributed by atoms with E-state index in [1.807, 2.05) is 35.2 Å². The van der Waals surface area contributed by atoms with Gasteiger partial charge in [0.05, 0.1) is 5.54 Å². The van der Waals surface area contributed by atoms with Crippen molar-refractivity contribution in [1.29, 1.82) is 0 Å². The number of anilines is 2. The Morgan fingerprint density at radius 1 is 1.06 bits per heavy atom. The molecule has 9 nitrogen and oxygen atoms in total. The minimum absolute atomic E-state index is 0.0469. The molecule has 0 unspecified atom stereocenters. The first-order valence-corrected chi connectivity index (χ1v) is 12.5. The molecule has 182 valence electrons. The van der Waals surface area contributed by atoms with E-state index in [4.69, 9.17) is 4.98 Å². The zero-order valence-corrected chi connectivity index (χ0v) is 20.1. The zero-order chi connectivity index (χ0) is 24.0. The average Bonchev–Trinajstić information content (AvgIpc) is 3.28. The molecule has 1 aliphatic carbocycles. The highest BCUT2D eigenvalue weighted by Gasteiger charge is 2.41. The Morgan fingerprint density at radius 3 is 2.54 bits per heavy atom. The molecule has 0 atom stereocenters. The lowest BCUT2D eigenvalue weighted by Crippen LogP contribution is -2.52. The van der Waals surface area contributed by atoms with Gasteiger partial charge in [-0.25, -0.2) is 4.98 Å². The van der Waals surface area contributed by atoms with Gasteiger partial charge in [-0.05, 0) is 50.2 Å². The molecule has 2 fully saturated rings. The number of carbonyl (C=O) groups excluding carboxylic acids is 2. The van der Waals surface area contributed by atoms with Crippen LogP contribution in [-0.4, -0.2) is 75.9 Å². The lowest BCUT2D eigenvalue weighted by Gasteiger charge is -2.42. The van der Waals surface area contributed by atoms with Crippen LogP contribution in [0.1, 0.15) is 53.0 Å². The van der Waals surface area contributed by atoms with E-state index in [0.29, 0.717) is 23.8 Å². The summed E-state index contributed by atoms with van der Waals surface area (Å²) >= 11 is 0. The first-order valence-electron chi connectivity index (χ1n) is 12.5. The molecule has 0 bridgehead atoms. The van der Waals surface area contributed by atoms with E-state index < -0.39 is 0 Å². The first kappa shape index (κ1) is 22.0. The fourth-order valence-electron chi connectivity index (χ4n) is 5.74. The Hall–Kier alpha value is -3.46. The molecule has 1 spiro atoms. The third kappa shape index (κ3) is 3.93. The Labute approximate surface area is 204 Å². The molecule has 4 heterocycles. The van der Waals surface area contributed by atoms with E-state index in [9.17, 15) is 9.59 Å². The average molecular weight is 474 g/mol. The van der Waals surface area contributed by atoms with E-state index >= 15 is 0 Å². The summed E-state index contributed by atoms with van der Waals surface area (Å²) in [6.07, 6.45) is 7.42. The van der Waals surface area contributed by atoms with Gasteiger partial charge < -0.3 is 25.0 Å². The second-order valence-corrected chi connectivity index (χ2v) is 10.1. The molecule has 2 aromatic heterocycles. The van der Waals surface area contributed by atoms with Crippen LogP contribution in [0.15, 0.2) is 36.5 Å². The van der Waals surface area contributed by atoms with Gasteiger partial charge in [0.25, 0.3) is 11.8 Å². The number of fused-ring (bicyclic) bond motifs is 4. The van der Waals surface area contributed by atoms with Crippen molar-refractivity contribution in [3.8, 4) is 0 Å². The van der Waals surface area contributed by atoms with Crippen LogP contribution in [0.4, 0.5) is 11.6 Å². The number of aromatic nitrogens is 3. The molecule has 3 aliphatic rings. The Morgan fingerprint density at radius 2 is 1.80 bits per heavy atom. The highest BCUT2D eigenvalue weighted by atomic mass is 16.2. The molecular formula is C26H31N7O2. The number of amides is 2. The predicted octanol–water partition coefficient (Wildman–Crippen LogP) is 2.97. The van der Waals surface area contributed by atoms with Gasteiger partial charge in [0, 0.05) is 55.6 Å². The highest BCUT2D eigenvalue weighted by Crippen LogP contribution is 2.40. The molecule has 1 aromatic carbocycles. The molecule has 3 aromatic rings. The summed E-state index contributed by atoms with van der Waals surface area (Å²) in [7, 11) is 2.08. The number of carbonyl (C=O) groups is 2. The molecule has 2 N–H and O–H groups in total. The summed E-state index contributed by atoms with van der Waals surface area (Å²) in [4.78, 5) is 39.0. The van der Waals surface area contributed by atoms with Crippen LogP contribution >= 0.6 is 0 Å². The van der Waals surface area contributed by atoms with Crippen molar-refractivity contribution in [2.75, 3.05) is 45.1 Å². The van der Waals surface area contributed by atoms with Crippen molar-refractivity contribution in [3.63, 3.8) is 0 Å². The second-order valence-electron chi connectivity index (χ2n) is 10.1. The number of hydrogen-bond acceptors (Lipinski definition) is 6. The van der Waals surface area contributed by atoms with Crippen molar-refractivity contribution < 1.29 is 9.59 Å². The topological polar surface area (TPSA) is 95.4 Å². The molecule has 1 saturated carbocycles. The normalized spacial score (nSPS) is 20.0. The highest BCUT2D eigenvalue weighted by molar-refractivity contribution is 5.99. The standard InChI is InChI=1S/C26H31N7O2/c1-31-11-13-32(14-12-31)24(35)18-5-7-20(8-6-18)29-25-27-16-19-15-21-23(34)28-17-26(9-3-2-4-10-26)33(21)22(19)30-25/h5-8,15-16H,2-4,9-14,17H2,1H3,(H,28,34)(H,27,29,30). The number of nitrogens with one attached hydrogen (secondary N) is 2. The van der Waals surface area contributed by atoms with Crippen molar-refractivity contribution in [1.82, 2.24) is 29.7 Å². The van der Waals surface area contributed by atoms with Gasteiger partial charge in [-0.15, -0.1) is 0 Å². The minimum Gasteiger partial charge on any atom is -0.348 e. The van der Waals surface area contributed by atoms with Gasteiger partial charge in [0.2, 0.25) is 5.95 Å². The van der Waals surface area contributed by atoms with Crippen LogP contribution in [0.25, 0.3) is 11.0 Å². The smallest absolute Gasteiger partial charge is 0.268 e. The van der Waals surface area contributed by atoms with Gasteiger partial charge in [0.15, 0.2) is 0 Å². The summed E-state index contributed by atoms with van der Waals surface area (Å²) in [5.74, 6) is 0.501. The Balaban J connectivity index is 1.25. The van der Waals surface area contributed by atoms with E-state index in [1.54, 1.807) is 6.20 Å². The van der Waals surface area contributed by atoms with E-state index in [-0.39, 0.29) is 17.4 Å². The SMILES string of the molecule is CN1CCN(C(=O)c2ccc(Nc3ncc4cc5n(c4n3)C3(CCCCC3)CNC5=O)cc2)CC1. The number of benzene rings is 1. The lowest BCUT2D eigenvalue weighted by atomic mass is 9.80. The Kier molecular flexibility index (Phi) is 5.44. The van der Waals surface area contributed by atoms with Gasteiger partial charge >= 0.3 is 0 Å². The maximum atomic E-state index is 12.8. The number of piperazine rings is 1. The third-order valence-corrected chi connectivity index (χ3v) is 7.79. The van der Waals surface area contributed by atoms with Crippen molar-refractivity contribution in [3.05, 3.63) is 47.8 Å². The fourth-order valence-corrected chi connectivity index (χ4v) is 5.74. The number of nitrogens with zero attached hydrogens (tertiary/aromatic N) is 5. The van der Waals surface area contributed by atoms with Crippen LogP contribution < -0.4 is 10.6 Å². The van der Waals surface area contributed by atoms with Crippen molar-refractivity contribution >= 4 is 34.5 Å². The molecule has 2 amide bonds. The van der Waals surface area contributed by atoms with Crippen LogP contribution in [0.3, 0.4) is 0 Å². The summed E-state index contributed by atoms with van der Waals surface area (Å²) in [6.45, 7) is 3.96. The van der Waals surface area contributed by atoms with E-state index in [2.05, 4.69) is 32.1 Å². The second kappa shape index (κ2) is 8.64.